The molecule has 0 radical (unpaired) electrons. The van der Waals surface area contributed by atoms with Crippen LogP contribution >= 0.6 is 0 Å². The maximum Gasteiger partial charge on any atom is 0.256 e. The monoisotopic (exact) mass is 240 g/mol. The molecule has 1 aromatic carbocycles. The third kappa shape index (κ3) is 2.56. The van der Waals surface area contributed by atoms with Crippen LogP contribution < -0.4 is 5.32 Å². The van der Waals surface area contributed by atoms with Crippen LogP contribution in [0.25, 0.3) is 0 Å². The van der Waals surface area contributed by atoms with Crippen LogP contribution in [0.2, 0.25) is 0 Å². The summed E-state index contributed by atoms with van der Waals surface area (Å²) >= 11 is 0. The van der Waals surface area contributed by atoms with Crippen molar-refractivity contribution in [3.8, 4) is 0 Å². The summed E-state index contributed by atoms with van der Waals surface area (Å²) in [4.78, 5) is 16.2. The van der Waals surface area contributed by atoms with Gasteiger partial charge in [0.05, 0.1) is 0 Å². The fourth-order valence-electron chi connectivity index (χ4n) is 1.68. The molecule has 1 amide bonds. The average molecular weight is 240 g/mol. The number of pyridine rings is 1. The molecule has 1 heterocycles. The Morgan fingerprint density at radius 2 is 1.83 bits per heavy atom. The van der Waals surface area contributed by atoms with Crippen LogP contribution in [0.3, 0.4) is 0 Å². The highest BCUT2D eigenvalue weighted by Crippen LogP contribution is 2.14. The van der Waals surface area contributed by atoms with Gasteiger partial charge in [0, 0.05) is 11.8 Å². The van der Waals surface area contributed by atoms with Gasteiger partial charge < -0.3 is 5.32 Å². The van der Waals surface area contributed by atoms with E-state index in [9.17, 15) is 4.79 Å². The number of carbonyl (C=O) groups excluding carboxylic acids is 1. The smallest absolute Gasteiger partial charge is 0.256 e. The molecular weight excluding hydrogens is 224 g/mol. The SMILES string of the molecule is Cc1ccc(C(=O)Nc2ncccc2C)cc1C. The van der Waals surface area contributed by atoms with Crippen molar-refractivity contribution in [1.29, 1.82) is 0 Å². The third-order valence-corrected chi connectivity index (χ3v) is 3.01. The molecule has 3 heteroatoms. The summed E-state index contributed by atoms with van der Waals surface area (Å²) in [6, 6.07) is 9.44. The van der Waals surface area contributed by atoms with E-state index in [1.165, 1.54) is 5.56 Å². The number of aryl methyl sites for hydroxylation is 3. The standard InChI is InChI=1S/C15H16N2O/c1-10-6-7-13(9-12(10)3)15(18)17-14-11(2)5-4-8-16-14/h4-9H,1-3H3,(H,16,17,18). The molecule has 3 nitrogen and oxygen atoms in total. The number of amides is 1. The molecule has 2 rings (SSSR count). The Morgan fingerprint density at radius 3 is 2.50 bits per heavy atom. The van der Waals surface area contributed by atoms with Gasteiger partial charge in [-0.15, -0.1) is 0 Å². The van der Waals surface area contributed by atoms with Crippen LogP contribution in [0.15, 0.2) is 36.5 Å². The molecular formula is C15H16N2O. The number of aromatic nitrogens is 1. The van der Waals surface area contributed by atoms with Crippen molar-refractivity contribution in [2.45, 2.75) is 20.8 Å². The van der Waals surface area contributed by atoms with Crippen molar-refractivity contribution in [2.75, 3.05) is 5.32 Å². The Balaban J connectivity index is 2.22. The first-order valence-electron chi connectivity index (χ1n) is 5.88. The van der Waals surface area contributed by atoms with Crippen molar-refractivity contribution in [1.82, 2.24) is 4.98 Å². The molecule has 0 fully saturated rings. The largest absolute Gasteiger partial charge is 0.306 e. The summed E-state index contributed by atoms with van der Waals surface area (Å²) < 4.78 is 0. The number of nitrogens with one attached hydrogen (secondary N) is 1. The molecule has 0 bridgehead atoms. The lowest BCUT2D eigenvalue weighted by Gasteiger charge is -2.08. The molecule has 1 N–H and O–H groups in total. The molecule has 2 aromatic rings. The lowest BCUT2D eigenvalue weighted by molar-refractivity contribution is 0.102. The molecule has 0 saturated heterocycles. The van der Waals surface area contributed by atoms with Crippen molar-refractivity contribution >= 4 is 11.7 Å². The summed E-state index contributed by atoms with van der Waals surface area (Å²) in [6.07, 6.45) is 1.67. The Labute approximate surface area is 107 Å². The van der Waals surface area contributed by atoms with E-state index in [1.807, 2.05) is 51.1 Å². The Hall–Kier alpha value is -2.16. The van der Waals surface area contributed by atoms with Crippen molar-refractivity contribution < 1.29 is 4.79 Å². The van der Waals surface area contributed by atoms with Crippen LogP contribution in [0, 0.1) is 20.8 Å². The van der Waals surface area contributed by atoms with Crippen LogP contribution in [0.1, 0.15) is 27.0 Å². The quantitative estimate of drug-likeness (QED) is 0.875. The van der Waals surface area contributed by atoms with Crippen molar-refractivity contribution in [3.05, 3.63) is 58.8 Å². The second kappa shape index (κ2) is 5.00. The average Bonchev–Trinajstić information content (AvgIpc) is 2.35. The van der Waals surface area contributed by atoms with Gasteiger partial charge >= 0.3 is 0 Å². The van der Waals surface area contributed by atoms with Crippen LogP contribution in [-0.2, 0) is 0 Å². The molecule has 18 heavy (non-hydrogen) atoms. The molecule has 0 atom stereocenters. The maximum absolute atomic E-state index is 12.1. The van der Waals surface area contributed by atoms with E-state index >= 15 is 0 Å². The van der Waals surface area contributed by atoms with E-state index in [-0.39, 0.29) is 5.91 Å². The number of benzene rings is 1. The number of hydrogen-bond acceptors (Lipinski definition) is 2. The molecule has 1 aromatic heterocycles. The van der Waals surface area contributed by atoms with Gasteiger partial charge in [-0.3, -0.25) is 4.79 Å². The summed E-state index contributed by atoms with van der Waals surface area (Å²) in [5.41, 5.74) is 3.90. The molecule has 0 aliphatic rings. The Morgan fingerprint density at radius 1 is 1.06 bits per heavy atom. The van der Waals surface area contributed by atoms with E-state index < -0.39 is 0 Å². The van der Waals surface area contributed by atoms with Crippen LogP contribution in [0.5, 0.6) is 0 Å². The highest BCUT2D eigenvalue weighted by molar-refractivity contribution is 6.04. The third-order valence-electron chi connectivity index (χ3n) is 3.01. The molecule has 0 aliphatic heterocycles. The minimum absolute atomic E-state index is 0.125. The van der Waals surface area contributed by atoms with Crippen LogP contribution in [-0.4, -0.2) is 10.9 Å². The minimum atomic E-state index is -0.125. The molecule has 0 unspecified atom stereocenters. The fourth-order valence-corrected chi connectivity index (χ4v) is 1.68. The zero-order valence-corrected chi connectivity index (χ0v) is 10.8. The summed E-state index contributed by atoms with van der Waals surface area (Å²) in [7, 11) is 0. The van der Waals surface area contributed by atoms with Gasteiger partial charge in [0.2, 0.25) is 0 Å². The summed E-state index contributed by atoms with van der Waals surface area (Å²) in [6.45, 7) is 5.95. The Kier molecular flexibility index (Phi) is 3.42. The van der Waals surface area contributed by atoms with Gasteiger partial charge in [-0.25, -0.2) is 4.98 Å². The van der Waals surface area contributed by atoms with Gasteiger partial charge in [0.25, 0.3) is 5.91 Å². The Bertz CT molecular complexity index is 591. The van der Waals surface area contributed by atoms with Gasteiger partial charge in [-0.1, -0.05) is 12.1 Å². The van der Waals surface area contributed by atoms with Crippen molar-refractivity contribution in [2.24, 2.45) is 0 Å². The number of carbonyl (C=O) groups is 1. The lowest BCUT2D eigenvalue weighted by Crippen LogP contribution is -2.14. The number of hydrogen-bond donors (Lipinski definition) is 1. The van der Waals surface area contributed by atoms with Gasteiger partial charge in [-0.05, 0) is 55.7 Å². The summed E-state index contributed by atoms with van der Waals surface area (Å²) in [5, 5.41) is 2.82. The van der Waals surface area contributed by atoms with Gasteiger partial charge in [-0.2, -0.15) is 0 Å². The highest BCUT2D eigenvalue weighted by atomic mass is 16.1. The number of nitrogens with zero attached hydrogens (tertiary/aromatic N) is 1. The van der Waals surface area contributed by atoms with Crippen molar-refractivity contribution in [3.63, 3.8) is 0 Å². The minimum Gasteiger partial charge on any atom is -0.306 e. The van der Waals surface area contributed by atoms with E-state index in [1.54, 1.807) is 6.20 Å². The van der Waals surface area contributed by atoms with Crippen LogP contribution in [0.4, 0.5) is 5.82 Å². The fraction of sp³-hybridized carbons (Fsp3) is 0.200. The molecule has 0 saturated carbocycles. The molecule has 92 valence electrons. The zero-order valence-electron chi connectivity index (χ0n) is 10.8. The number of rotatable bonds is 2. The van der Waals surface area contributed by atoms with Gasteiger partial charge in [0.1, 0.15) is 5.82 Å². The first kappa shape index (κ1) is 12.3. The predicted octanol–water partition coefficient (Wildman–Crippen LogP) is 3.26. The van der Waals surface area contributed by atoms with Gasteiger partial charge in [0.15, 0.2) is 0 Å². The first-order valence-corrected chi connectivity index (χ1v) is 5.88. The molecule has 0 spiro atoms. The zero-order chi connectivity index (χ0) is 13.1. The predicted molar refractivity (Wildman–Crippen MR) is 72.8 cm³/mol. The normalized spacial score (nSPS) is 10.2. The number of anilines is 1. The molecule has 0 aliphatic carbocycles. The highest BCUT2D eigenvalue weighted by Gasteiger charge is 2.08. The lowest BCUT2D eigenvalue weighted by atomic mass is 10.1. The second-order valence-corrected chi connectivity index (χ2v) is 4.42. The van der Waals surface area contributed by atoms with E-state index in [0.717, 1.165) is 11.1 Å². The second-order valence-electron chi connectivity index (χ2n) is 4.42. The first-order chi connectivity index (χ1) is 8.58. The van der Waals surface area contributed by atoms with E-state index in [2.05, 4.69) is 10.3 Å². The topological polar surface area (TPSA) is 42.0 Å². The van der Waals surface area contributed by atoms with E-state index in [0.29, 0.717) is 11.4 Å². The van der Waals surface area contributed by atoms with E-state index in [4.69, 9.17) is 0 Å². The summed E-state index contributed by atoms with van der Waals surface area (Å²) in [5.74, 6) is 0.487. The maximum atomic E-state index is 12.1.